The normalized spacial score (nSPS) is 10.8. The zero-order valence-electron chi connectivity index (χ0n) is 11.1. The largest absolute Gasteiger partial charge is 0.312 e. The smallest absolute Gasteiger partial charge is 0.131 e. The van der Waals surface area contributed by atoms with Gasteiger partial charge in [-0.25, -0.2) is 0 Å². The summed E-state index contributed by atoms with van der Waals surface area (Å²) >= 11 is 0. The minimum Gasteiger partial charge on any atom is -0.312 e. The fourth-order valence-electron chi connectivity index (χ4n) is 1.76. The highest BCUT2D eigenvalue weighted by Gasteiger charge is 1.98. The van der Waals surface area contributed by atoms with Gasteiger partial charge in [-0.1, -0.05) is 38.1 Å². The van der Waals surface area contributed by atoms with Crippen molar-refractivity contribution >= 4 is 5.78 Å². The van der Waals surface area contributed by atoms with E-state index in [2.05, 4.69) is 43.4 Å². The van der Waals surface area contributed by atoms with E-state index in [1.807, 2.05) is 0 Å². The first kappa shape index (κ1) is 13.9. The summed E-state index contributed by atoms with van der Waals surface area (Å²) in [4.78, 5) is 10.8. The molecule has 0 unspecified atom stereocenters. The molecule has 0 aliphatic carbocycles. The Hall–Kier alpha value is -1.15. The number of carbonyl (C=O) groups excluding carboxylic acids is 1. The fourth-order valence-corrected chi connectivity index (χ4v) is 1.76. The average Bonchev–Trinajstić information content (AvgIpc) is 2.25. The van der Waals surface area contributed by atoms with Crippen LogP contribution in [0, 0.1) is 5.92 Å². The maximum atomic E-state index is 10.8. The van der Waals surface area contributed by atoms with Crippen LogP contribution in [0.2, 0.25) is 0 Å². The molecule has 2 heteroatoms. The third kappa shape index (κ3) is 6.22. The summed E-state index contributed by atoms with van der Waals surface area (Å²) in [5.41, 5.74) is 2.67. The second-order valence-corrected chi connectivity index (χ2v) is 5.04. The Morgan fingerprint density at radius 2 is 1.76 bits per heavy atom. The lowest BCUT2D eigenvalue weighted by Crippen LogP contribution is -2.16. The molecule has 0 amide bonds. The van der Waals surface area contributed by atoms with Gasteiger partial charge in [-0.15, -0.1) is 0 Å². The quantitative estimate of drug-likeness (QED) is 0.734. The van der Waals surface area contributed by atoms with E-state index in [-0.39, 0.29) is 5.78 Å². The van der Waals surface area contributed by atoms with E-state index in [4.69, 9.17) is 0 Å². The number of hydrogen-bond acceptors (Lipinski definition) is 2. The van der Waals surface area contributed by atoms with Crippen LogP contribution < -0.4 is 5.32 Å². The maximum absolute atomic E-state index is 10.8. The molecule has 94 valence electrons. The number of rotatable bonds is 7. The summed E-state index contributed by atoms with van der Waals surface area (Å²) in [6.45, 7) is 7.70. The molecule has 17 heavy (non-hydrogen) atoms. The highest BCUT2D eigenvalue weighted by atomic mass is 16.1. The molecule has 0 radical (unpaired) electrons. The molecule has 0 aliphatic rings. The van der Waals surface area contributed by atoms with Crippen LogP contribution in [-0.4, -0.2) is 12.3 Å². The minimum atomic E-state index is 0.241. The summed E-state index contributed by atoms with van der Waals surface area (Å²) in [6.07, 6.45) is 1.75. The van der Waals surface area contributed by atoms with Crippen LogP contribution in [-0.2, 0) is 17.8 Å². The maximum Gasteiger partial charge on any atom is 0.131 e. The molecule has 1 N–H and O–H groups in total. The molecule has 0 aromatic heterocycles. The van der Waals surface area contributed by atoms with Gasteiger partial charge in [0.25, 0.3) is 0 Å². The van der Waals surface area contributed by atoms with Crippen molar-refractivity contribution in [3.05, 3.63) is 35.4 Å². The van der Waals surface area contributed by atoms with Gasteiger partial charge in [-0.05, 0) is 30.4 Å². The number of carbonyl (C=O) groups is 1. The summed E-state index contributed by atoms with van der Waals surface area (Å²) in [6, 6.07) is 8.72. The zero-order valence-corrected chi connectivity index (χ0v) is 11.1. The summed E-state index contributed by atoms with van der Waals surface area (Å²) in [5, 5.41) is 3.27. The SMILES string of the molecule is CC(=O)CCNCc1ccc(CC(C)C)cc1. The predicted molar refractivity (Wildman–Crippen MR) is 72.0 cm³/mol. The highest BCUT2D eigenvalue weighted by Crippen LogP contribution is 2.09. The van der Waals surface area contributed by atoms with E-state index in [1.54, 1.807) is 6.92 Å². The van der Waals surface area contributed by atoms with Gasteiger partial charge in [0.05, 0.1) is 0 Å². The molecule has 0 fully saturated rings. The fraction of sp³-hybridized carbons (Fsp3) is 0.533. The minimum absolute atomic E-state index is 0.241. The molecule has 1 aromatic rings. The van der Waals surface area contributed by atoms with E-state index in [9.17, 15) is 4.79 Å². The molecule has 0 saturated heterocycles. The monoisotopic (exact) mass is 233 g/mol. The van der Waals surface area contributed by atoms with Crippen LogP contribution >= 0.6 is 0 Å². The van der Waals surface area contributed by atoms with E-state index < -0.39 is 0 Å². The number of benzene rings is 1. The van der Waals surface area contributed by atoms with E-state index >= 15 is 0 Å². The van der Waals surface area contributed by atoms with E-state index in [0.717, 1.165) is 19.5 Å². The summed E-state index contributed by atoms with van der Waals surface area (Å²) in [7, 11) is 0. The van der Waals surface area contributed by atoms with Crippen molar-refractivity contribution in [2.45, 2.75) is 40.2 Å². The van der Waals surface area contributed by atoms with E-state index in [0.29, 0.717) is 12.3 Å². The third-order valence-corrected chi connectivity index (χ3v) is 2.65. The van der Waals surface area contributed by atoms with Crippen molar-refractivity contribution in [3.63, 3.8) is 0 Å². The van der Waals surface area contributed by atoms with Crippen LogP contribution in [0.5, 0.6) is 0 Å². The molecule has 0 atom stereocenters. The van der Waals surface area contributed by atoms with Crippen LogP contribution in [0.25, 0.3) is 0 Å². The predicted octanol–water partition coefficient (Wildman–Crippen LogP) is 2.95. The van der Waals surface area contributed by atoms with Crippen molar-refractivity contribution in [3.8, 4) is 0 Å². The molecular weight excluding hydrogens is 210 g/mol. The van der Waals surface area contributed by atoms with Crippen LogP contribution in [0.3, 0.4) is 0 Å². The van der Waals surface area contributed by atoms with E-state index in [1.165, 1.54) is 11.1 Å². The number of hydrogen-bond donors (Lipinski definition) is 1. The topological polar surface area (TPSA) is 29.1 Å². The van der Waals surface area contributed by atoms with Crippen molar-refractivity contribution in [2.24, 2.45) is 5.92 Å². The van der Waals surface area contributed by atoms with Crippen LogP contribution in [0.1, 0.15) is 38.3 Å². The highest BCUT2D eigenvalue weighted by molar-refractivity contribution is 5.75. The average molecular weight is 233 g/mol. The van der Waals surface area contributed by atoms with Gasteiger partial charge < -0.3 is 5.32 Å². The second kappa shape index (κ2) is 7.23. The van der Waals surface area contributed by atoms with Gasteiger partial charge in [0.2, 0.25) is 0 Å². The van der Waals surface area contributed by atoms with Crippen LogP contribution in [0.15, 0.2) is 24.3 Å². The number of Topliss-reactive ketones (excluding diaryl/α,β-unsaturated/α-hetero) is 1. The molecule has 1 rings (SSSR count). The number of nitrogens with one attached hydrogen (secondary N) is 1. The van der Waals surface area contributed by atoms with Gasteiger partial charge in [-0.3, -0.25) is 4.79 Å². The van der Waals surface area contributed by atoms with Crippen LogP contribution in [0.4, 0.5) is 0 Å². The Labute approximate surface area is 104 Å². The molecule has 0 aliphatic heterocycles. The second-order valence-electron chi connectivity index (χ2n) is 5.04. The lowest BCUT2D eigenvalue weighted by Gasteiger charge is -2.07. The molecule has 2 nitrogen and oxygen atoms in total. The first-order valence-electron chi connectivity index (χ1n) is 6.36. The molecule has 0 saturated carbocycles. The third-order valence-electron chi connectivity index (χ3n) is 2.65. The van der Waals surface area contributed by atoms with Crippen molar-refractivity contribution < 1.29 is 4.79 Å². The van der Waals surface area contributed by atoms with Gasteiger partial charge in [0.15, 0.2) is 0 Å². The Morgan fingerprint density at radius 1 is 1.18 bits per heavy atom. The summed E-state index contributed by atoms with van der Waals surface area (Å²) < 4.78 is 0. The molecule has 0 bridgehead atoms. The summed E-state index contributed by atoms with van der Waals surface area (Å²) in [5.74, 6) is 0.944. The zero-order chi connectivity index (χ0) is 12.7. The molecule has 0 heterocycles. The van der Waals surface area contributed by atoms with Gasteiger partial charge in [0, 0.05) is 19.5 Å². The standard InChI is InChI=1S/C15H23NO/c1-12(2)10-14-4-6-15(7-5-14)11-16-9-8-13(3)17/h4-7,12,16H,8-11H2,1-3H3. The van der Waals surface area contributed by atoms with Gasteiger partial charge in [0.1, 0.15) is 5.78 Å². The Morgan fingerprint density at radius 3 is 2.29 bits per heavy atom. The van der Waals surface area contributed by atoms with Crippen molar-refractivity contribution in [2.75, 3.05) is 6.54 Å². The lowest BCUT2D eigenvalue weighted by molar-refractivity contribution is -0.116. The van der Waals surface area contributed by atoms with Gasteiger partial charge >= 0.3 is 0 Å². The van der Waals surface area contributed by atoms with Crippen molar-refractivity contribution in [1.29, 1.82) is 0 Å². The molecular formula is C15H23NO. The molecule has 1 aromatic carbocycles. The van der Waals surface area contributed by atoms with Gasteiger partial charge in [-0.2, -0.15) is 0 Å². The van der Waals surface area contributed by atoms with Crippen molar-refractivity contribution in [1.82, 2.24) is 5.32 Å². The first-order valence-corrected chi connectivity index (χ1v) is 6.36. The number of ketones is 1. The Balaban J connectivity index is 2.32. The lowest BCUT2D eigenvalue weighted by atomic mass is 10.0. The Kier molecular flexibility index (Phi) is 5.92. The molecule has 0 spiro atoms. The Bertz CT molecular complexity index is 340. The first-order chi connectivity index (χ1) is 8.08.